The zero-order valence-electron chi connectivity index (χ0n) is 21.6. The Hall–Kier alpha value is -3.27. The largest absolute Gasteiger partial charge is 0.463 e. The molecule has 2 rings (SSSR count). The van der Waals surface area contributed by atoms with E-state index in [1.54, 1.807) is 0 Å². The number of ether oxygens (including phenoxy) is 5. The van der Waals surface area contributed by atoms with Gasteiger partial charge >= 0.3 is 30.1 Å². The molecule has 0 saturated carbocycles. The first-order valence-electron chi connectivity index (χ1n) is 12.1. The van der Waals surface area contributed by atoms with E-state index >= 15 is 0 Å². The van der Waals surface area contributed by atoms with Gasteiger partial charge in [0.2, 0.25) is 0 Å². The number of nitrogens with zero attached hydrogens (tertiary/aromatic N) is 1. The number of rotatable bonds is 8. The summed E-state index contributed by atoms with van der Waals surface area (Å²) in [6, 6.07) is 0. The summed E-state index contributed by atoms with van der Waals surface area (Å²) in [5.41, 5.74) is 0. The van der Waals surface area contributed by atoms with Crippen LogP contribution in [0.1, 0.15) is 42.8 Å². The summed E-state index contributed by atoms with van der Waals surface area (Å²) in [7, 11) is 0. The smallest absolute Gasteiger partial charge is 0.455 e. The molecule has 1 unspecified atom stereocenters. The Kier molecular flexibility index (Phi) is 7.26. The minimum atomic E-state index is -5.20. The number of anilines is 1. The Labute approximate surface area is 205 Å². The van der Waals surface area contributed by atoms with Crippen LogP contribution >= 0.6 is 11.3 Å². The van der Waals surface area contributed by atoms with E-state index in [9.17, 15) is 37.1 Å². The van der Waals surface area contributed by atoms with Crippen molar-refractivity contribution in [3.63, 3.8) is 0 Å². The van der Waals surface area contributed by atoms with Crippen molar-refractivity contribution in [3.05, 3.63) is 11.1 Å². The van der Waals surface area contributed by atoms with Gasteiger partial charge in [0, 0.05) is 33.1 Å². The minimum absolute atomic E-state index is 0.239. The van der Waals surface area contributed by atoms with Crippen molar-refractivity contribution in [3.8, 4) is 0 Å². The zero-order valence-corrected chi connectivity index (χ0v) is 18.4. The lowest BCUT2D eigenvalue weighted by atomic mass is 9.97. The fourth-order valence-corrected chi connectivity index (χ4v) is 3.71. The van der Waals surface area contributed by atoms with Gasteiger partial charge in [0.25, 0.3) is 5.78 Å². The second-order valence-electron chi connectivity index (χ2n) is 6.64. The number of carbonyl (C=O) groups excluding carboxylic acids is 5. The summed E-state index contributed by atoms with van der Waals surface area (Å²) in [5, 5.41) is 2.09. The molecule has 1 saturated heterocycles. The molecule has 1 aromatic rings. The Morgan fingerprint density at radius 3 is 2.14 bits per heavy atom. The van der Waals surface area contributed by atoms with Crippen molar-refractivity contribution in [2.75, 3.05) is 11.9 Å². The predicted molar refractivity (Wildman–Crippen MR) is 108 cm³/mol. The summed E-state index contributed by atoms with van der Waals surface area (Å²) in [5.74, 6) is -6.85. The lowest BCUT2D eigenvalue weighted by Gasteiger charge is -2.44. The van der Waals surface area contributed by atoms with Crippen LogP contribution in [-0.4, -0.2) is 78.1 Å². The van der Waals surface area contributed by atoms with Crippen molar-refractivity contribution in [1.29, 1.82) is 0 Å². The van der Waals surface area contributed by atoms with Gasteiger partial charge in [0.15, 0.2) is 29.7 Å². The number of carbonyl (C=O) groups is 5. The Morgan fingerprint density at radius 2 is 1.57 bits per heavy atom. The predicted octanol–water partition coefficient (Wildman–Crippen LogP) is 1.38. The van der Waals surface area contributed by atoms with Gasteiger partial charge < -0.3 is 29.0 Å². The molecule has 1 N–H and O–H groups in total. The number of ketones is 1. The number of nitrogens with one attached hydrogen (secondary N) is 1. The fourth-order valence-electron chi connectivity index (χ4n) is 2.91. The van der Waals surface area contributed by atoms with E-state index in [1.807, 2.05) is 0 Å². The highest BCUT2D eigenvalue weighted by atomic mass is 32.1. The first kappa shape index (κ1) is 22.2. The summed E-state index contributed by atoms with van der Waals surface area (Å²) in [6.07, 6.45) is -13.1. The molecule has 1 aromatic heterocycles. The van der Waals surface area contributed by atoms with Gasteiger partial charge in [-0.25, -0.2) is 4.98 Å². The van der Waals surface area contributed by atoms with Gasteiger partial charge in [-0.15, -0.1) is 0 Å². The van der Waals surface area contributed by atoms with E-state index in [0.29, 0.717) is 6.20 Å². The average molecular weight is 530 g/mol. The molecule has 1 aliphatic heterocycles. The van der Waals surface area contributed by atoms with Gasteiger partial charge in [-0.05, 0) is 0 Å². The summed E-state index contributed by atoms with van der Waals surface area (Å²) < 4.78 is 93.0. The van der Waals surface area contributed by atoms with E-state index < -0.39 is 106 Å². The zero-order chi connectivity index (χ0) is 29.3. The third-order valence-electron chi connectivity index (χ3n) is 4.10. The Morgan fingerprint density at radius 1 is 1.00 bits per heavy atom. The topological polar surface area (TPSA) is 156 Å². The molecule has 1 fully saturated rings. The maximum atomic E-state index is 12.8. The molecule has 0 aromatic carbocycles. The van der Waals surface area contributed by atoms with Crippen LogP contribution in [0.2, 0.25) is 0 Å². The molecule has 0 amide bonds. The quantitative estimate of drug-likeness (QED) is 0.293. The van der Waals surface area contributed by atoms with Crippen molar-refractivity contribution >= 4 is 46.1 Å². The van der Waals surface area contributed by atoms with Crippen LogP contribution in [0.5, 0.6) is 0 Å². The molecule has 12 nitrogen and oxygen atoms in total. The maximum Gasteiger partial charge on any atom is 0.455 e. The number of alkyl halides is 3. The lowest BCUT2D eigenvalue weighted by Crippen LogP contribution is -2.64. The first-order valence-corrected chi connectivity index (χ1v) is 10.1. The third-order valence-corrected chi connectivity index (χ3v) is 5.03. The van der Waals surface area contributed by atoms with Gasteiger partial charge in [0.05, 0.1) is 6.20 Å². The molecular formula is C19H21F3N2O10S. The summed E-state index contributed by atoms with van der Waals surface area (Å²) >= 11 is 0.239. The van der Waals surface area contributed by atoms with Gasteiger partial charge in [0.1, 0.15) is 17.6 Å². The van der Waals surface area contributed by atoms with Gasteiger partial charge in [-0.2, -0.15) is 13.2 Å². The molecule has 1 aliphatic rings. The molecule has 194 valence electrons. The summed E-state index contributed by atoms with van der Waals surface area (Å²) in [6.45, 7) is -4.40. The van der Waals surface area contributed by atoms with Crippen LogP contribution in [0, 0.1) is 0 Å². The van der Waals surface area contributed by atoms with Crippen molar-refractivity contribution in [1.82, 2.24) is 4.98 Å². The number of halogens is 3. The van der Waals surface area contributed by atoms with E-state index in [2.05, 4.69) is 10.3 Å². The highest BCUT2D eigenvalue weighted by Crippen LogP contribution is 2.32. The van der Waals surface area contributed by atoms with E-state index in [-0.39, 0.29) is 16.5 Å². The van der Waals surface area contributed by atoms with Crippen LogP contribution in [0.25, 0.3) is 0 Å². The SMILES string of the molecule is [2H]CC(=O)OC[C@H]1OC(Nc2ncc(C(=O)C(F)(F)F)s2)[C@@H](OC(=O)C[2H])[C@@H](OC(=O)C[2H])[C@@H]1OC(=O)C[2H]. The van der Waals surface area contributed by atoms with Crippen LogP contribution < -0.4 is 5.32 Å². The molecular weight excluding hydrogens is 505 g/mol. The van der Waals surface area contributed by atoms with Crippen LogP contribution in [0.15, 0.2) is 6.20 Å². The van der Waals surface area contributed by atoms with Gasteiger partial charge in [-0.1, -0.05) is 11.3 Å². The number of hydrogen-bond donors (Lipinski definition) is 1. The standard InChI is InChI=1S/C19H21F3N2O10S/c1-7(25)30-6-11-13(31-8(2)26)14(32-9(3)27)15(33-10(4)28)17(34-11)24-18-23-5-12(35-18)16(29)19(20,21)22/h5,11,13-15,17H,6H2,1-4H3,(H,23,24)/t11-,13-,14+,15+,17?/m1/s1/i1D,2D,3D,4D. The van der Waals surface area contributed by atoms with Crippen molar-refractivity contribution in [2.24, 2.45) is 0 Å². The molecule has 0 radical (unpaired) electrons. The number of hydrogen-bond acceptors (Lipinski definition) is 13. The molecule has 0 spiro atoms. The average Bonchev–Trinajstić information content (AvgIpc) is 3.37. The molecule has 2 heterocycles. The highest BCUT2D eigenvalue weighted by molar-refractivity contribution is 7.17. The normalized spacial score (nSPS) is 25.6. The lowest BCUT2D eigenvalue weighted by molar-refractivity contribution is -0.247. The number of aromatic nitrogens is 1. The molecule has 16 heteroatoms. The Balaban J connectivity index is 2.51. The van der Waals surface area contributed by atoms with Crippen molar-refractivity contribution in [2.45, 2.75) is 64.4 Å². The highest BCUT2D eigenvalue weighted by Gasteiger charge is 2.52. The minimum Gasteiger partial charge on any atom is -0.463 e. The molecule has 5 atom stereocenters. The number of esters is 4. The van der Waals surface area contributed by atoms with Crippen LogP contribution in [-0.2, 0) is 42.9 Å². The number of Topliss-reactive ketones (excluding diaryl/α,β-unsaturated/α-hetero) is 1. The van der Waals surface area contributed by atoms with Crippen LogP contribution in [0.4, 0.5) is 18.3 Å². The Bertz CT molecular complexity index is 1060. The van der Waals surface area contributed by atoms with Crippen LogP contribution in [0.3, 0.4) is 0 Å². The van der Waals surface area contributed by atoms with Crippen molar-refractivity contribution < 1.29 is 66.3 Å². The van der Waals surface area contributed by atoms with E-state index in [0.717, 1.165) is 0 Å². The van der Waals surface area contributed by atoms with E-state index in [1.165, 1.54) is 0 Å². The molecule has 35 heavy (non-hydrogen) atoms. The number of thiazole rings is 1. The fraction of sp³-hybridized carbons (Fsp3) is 0.579. The summed E-state index contributed by atoms with van der Waals surface area (Å²) in [4.78, 5) is 61.9. The monoisotopic (exact) mass is 530 g/mol. The maximum absolute atomic E-state index is 12.8. The van der Waals surface area contributed by atoms with E-state index in [4.69, 9.17) is 29.2 Å². The molecule has 0 bridgehead atoms. The third kappa shape index (κ3) is 7.88. The molecule has 0 aliphatic carbocycles. The first-order chi connectivity index (χ1) is 18.3. The van der Waals surface area contributed by atoms with Gasteiger partial charge in [-0.3, -0.25) is 24.0 Å². The second-order valence-corrected chi connectivity index (χ2v) is 7.67. The second kappa shape index (κ2) is 11.4.